The summed E-state index contributed by atoms with van der Waals surface area (Å²) in [6.45, 7) is 27.6. The van der Waals surface area contributed by atoms with Crippen LogP contribution < -0.4 is 0 Å². The van der Waals surface area contributed by atoms with E-state index in [1.165, 1.54) is 51.7 Å². The highest BCUT2D eigenvalue weighted by atomic mass is 32.2. The van der Waals surface area contributed by atoms with Crippen LogP contribution >= 0.6 is 11.8 Å². The molecule has 6 aliphatic rings. The molecule has 0 saturated carbocycles. The molecule has 218 valence electrons. The molecule has 0 aromatic carbocycles. The van der Waals surface area contributed by atoms with Gasteiger partial charge in [-0.3, -0.25) is 0 Å². The molecule has 0 spiro atoms. The first-order valence-corrected chi connectivity index (χ1v) is 27.7. The standard InChI is InChI=1S/C18H30O13SSi8/c1-8-33-20-34(9-2)23-37(12-5)25-35(10-3,21-33)27-39(14-7)28-36(11-4,22-33)26-38(13-6,24-34)30-40(29-37,31-39)18-17-32-16-15-19/h8-14,19H,1-7,15-18H2. The maximum Gasteiger partial charge on any atom is 0.507 e. The number of aliphatic hydroxyl groups is 1. The van der Waals surface area contributed by atoms with Gasteiger partial charge in [0.1, 0.15) is 0 Å². The number of hydrogen-bond donors (Lipinski definition) is 1. The van der Waals surface area contributed by atoms with E-state index in [1.807, 2.05) is 0 Å². The number of rotatable bonds is 12. The van der Waals surface area contributed by atoms with Crippen LogP contribution in [0.15, 0.2) is 85.9 Å². The minimum atomic E-state index is -4.13. The lowest BCUT2D eigenvalue weighted by Crippen LogP contribution is -2.87. The van der Waals surface area contributed by atoms with Crippen molar-refractivity contribution in [3.8, 4) is 0 Å². The van der Waals surface area contributed by atoms with Gasteiger partial charge in [-0.25, -0.2) is 0 Å². The van der Waals surface area contributed by atoms with Crippen LogP contribution in [0.1, 0.15) is 0 Å². The van der Waals surface area contributed by atoms with Crippen LogP contribution in [0.25, 0.3) is 0 Å². The Morgan fingerprint density at radius 1 is 0.425 bits per heavy atom. The zero-order valence-corrected chi connectivity index (χ0v) is 30.4. The third-order valence-corrected chi connectivity index (χ3v) is 39.3. The van der Waals surface area contributed by atoms with Crippen molar-refractivity contribution in [2.75, 3.05) is 18.1 Å². The number of thioether (sulfide) groups is 1. The van der Waals surface area contributed by atoms with E-state index in [-0.39, 0.29) is 12.7 Å². The zero-order chi connectivity index (χ0) is 29.0. The number of aliphatic hydroxyl groups excluding tert-OH is 1. The Kier molecular flexibility index (Phi) is 8.36. The van der Waals surface area contributed by atoms with Gasteiger partial charge in [-0.05, 0) is 45.6 Å². The van der Waals surface area contributed by atoms with Crippen LogP contribution in [0.5, 0.6) is 0 Å². The quantitative estimate of drug-likeness (QED) is 0.232. The highest BCUT2D eigenvalue weighted by Gasteiger charge is 2.81. The first-order chi connectivity index (χ1) is 19.0. The van der Waals surface area contributed by atoms with Gasteiger partial charge < -0.3 is 54.5 Å². The van der Waals surface area contributed by atoms with Crippen LogP contribution in [0.3, 0.4) is 0 Å². The Morgan fingerprint density at radius 3 is 0.900 bits per heavy atom. The molecular formula is C18H30O13SSi8. The molecule has 0 radical (unpaired) electrons. The van der Waals surface area contributed by atoms with Gasteiger partial charge in [-0.15, -0.1) is 46.1 Å². The summed E-state index contributed by atoms with van der Waals surface area (Å²) in [5.74, 6) is 0.927. The van der Waals surface area contributed by atoms with Gasteiger partial charge >= 0.3 is 70.4 Å². The topological polar surface area (TPSA) is 131 Å². The maximum absolute atomic E-state index is 9.34. The molecule has 6 fully saturated rings. The van der Waals surface area contributed by atoms with Crippen molar-refractivity contribution in [2.45, 2.75) is 6.04 Å². The molecule has 0 aliphatic carbocycles. The fourth-order valence-electron chi connectivity index (χ4n) is 4.33. The molecule has 1 N–H and O–H groups in total. The van der Waals surface area contributed by atoms with Gasteiger partial charge in [0.15, 0.2) is 0 Å². The summed E-state index contributed by atoms with van der Waals surface area (Å²) in [4.78, 5) is 0. The van der Waals surface area contributed by atoms with Crippen LogP contribution in [-0.4, -0.2) is 93.7 Å². The third-order valence-electron chi connectivity index (χ3n) is 5.99. The molecule has 22 heteroatoms. The second-order valence-corrected chi connectivity index (χ2v) is 32.8. The number of hydrogen-bond acceptors (Lipinski definition) is 14. The van der Waals surface area contributed by atoms with Gasteiger partial charge in [0, 0.05) is 11.8 Å². The Balaban J connectivity index is 1.84. The summed E-state index contributed by atoms with van der Waals surface area (Å²) in [6, 6.07) is 0.194. The molecule has 0 unspecified atom stereocenters. The average Bonchev–Trinajstić information content (AvgIpc) is 2.90. The summed E-state index contributed by atoms with van der Waals surface area (Å²) < 4.78 is 80.1. The maximum atomic E-state index is 9.34. The van der Waals surface area contributed by atoms with E-state index < -0.39 is 70.4 Å². The Hall–Kier alpha value is -0.255. The molecule has 6 heterocycles. The normalized spacial score (nSPS) is 48.9. The first-order valence-electron chi connectivity index (χ1n) is 12.0. The van der Waals surface area contributed by atoms with Crippen molar-refractivity contribution in [2.24, 2.45) is 0 Å². The van der Waals surface area contributed by atoms with Crippen molar-refractivity contribution in [3.05, 3.63) is 85.9 Å². The fraction of sp³-hybridized carbons (Fsp3) is 0.222. The lowest BCUT2D eigenvalue weighted by molar-refractivity contribution is -0.00875. The van der Waals surface area contributed by atoms with Crippen LogP contribution in [-0.2, 0) is 49.4 Å². The van der Waals surface area contributed by atoms with E-state index in [4.69, 9.17) is 49.4 Å². The Bertz CT molecular complexity index is 1000. The Morgan fingerprint density at radius 2 is 0.675 bits per heavy atom. The van der Waals surface area contributed by atoms with E-state index >= 15 is 0 Å². The van der Waals surface area contributed by atoms with Crippen molar-refractivity contribution < 1.29 is 54.5 Å². The summed E-state index contributed by atoms with van der Waals surface area (Å²) in [5, 5.41) is 9.34. The molecule has 40 heavy (non-hydrogen) atoms. The minimum Gasteiger partial charge on any atom is -0.396 e. The first kappa shape index (κ1) is 31.2. The van der Waals surface area contributed by atoms with Crippen LogP contribution in [0.4, 0.5) is 0 Å². The summed E-state index contributed by atoms with van der Waals surface area (Å²) in [6.07, 6.45) is 0. The van der Waals surface area contributed by atoms with Crippen molar-refractivity contribution in [1.29, 1.82) is 0 Å². The summed E-state index contributed by atoms with van der Waals surface area (Å²) in [7, 11) is -33.0. The zero-order valence-electron chi connectivity index (χ0n) is 21.6. The molecule has 6 saturated heterocycles. The predicted molar refractivity (Wildman–Crippen MR) is 160 cm³/mol. The monoisotopic (exact) mass is 710 g/mol. The van der Waals surface area contributed by atoms with E-state index in [0.717, 1.165) is 0 Å². The molecule has 6 rings (SSSR count). The second kappa shape index (κ2) is 10.7. The molecule has 0 amide bonds. The molecule has 13 nitrogen and oxygen atoms in total. The molecule has 6 aliphatic heterocycles. The van der Waals surface area contributed by atoms with Crippen LogP contribution in [0.2, 0.25) is 6.04 Å². The smallest absolute Gasteiger partial charge is 0.396 e. The lowest BCUT2D eigenvalue weighted by Gasteiger charge is -2.60. The molecule has 0 aromatic rings. The van der Waals surface area contributed by atoms with Gasteiger partial charge in [-0.1, -0.05) is 0 Å². The second-order valence-electron chi connectivity index (χ2n) is 8.65. The average molecular weight is 711 g/mol. The fourth-order valence-corrected chi connectivity index (χ4v) is 46.9. The van der Waals surface area contributed by atoms with Crippen LogP contribution in [0, 0.1) is 0 Å². The largest absolute Gasteiger partial charge is 0.507 e. The summed E-state index contributed by atoms with van der Waals surface area (Å²) in [5.41, 5.74) is 9.69. The van der Waals surface area contributed by atoms with E-state index in [9.17, 15) is 5.11 Å². The van der Waals surface area contributed by atoms with E-state index in [1.54, 1.807) is 0 Å². The van der Waals surface area contributed by atoms with Gasteiger partial charge in [-0.2, -0.15) is 11.8 Å². The van der Waals surface area contributed by atoms with Crippen molar-refractivity contribution >= 4 is 82.2 Å². The highest BCUT2D eigenvalue weighted by molar-refractivity contribution is 7.99. The minimum absolute atomic E-state index is 0.0101. The summed E-state index contributed by atoms with van der Waals surface area (Å²) >= 11 is 1.46. The van der Waals surface area contributed by atoms with Crippen molar-refractivity contribution in [1.82, 2.24) is 0 Å². The molecular weight excluding hydrogens is 681 g/mol. The molecule has 0 aromatic heterocycles. The molecule has 8 bridgehead atoms. The highest BCUT2D eigenvalue weighted by Crippen LogP contribution is 2.50. The predicted octanol–water partition coefficient (Wildman–Crippen LogP) is 1.57. The molecule has 0 atom stereocenters. The van der Waals surface area contributed by atoms with Crippen molar-refractivity contribution in [3.63, 3.8) is 0 Å². The third kappa shape index (κ3) is 5.12. The van der Waals surface area contributed by atoms with Gasteiger partial charge in [0.25, 0.3) is 0 Å². The Labute approximate surface area is 245 Å². The van der Waals surface area contributed by atoms with Gasteiger partial charge in [0.05, 0.1) is 6.61 Å². The SMILES string of the molecule is C=C[Si]12O[Si]3(C=C)O[Si]4(C=C)O[Si](C=C)(O1)O[Si]1(C=C)O[Si](C=C)(O2)O[Si](C=C)(O3)O[Si](CCSCCO)(O4)O1. The lowest BCUT2D eigenvalue weighted by atomic mass is 10.9. The van der Waals surface area contributed by atoms with E-state index in [0.29, 0.717) is 11.5 Å². The van der Waals surface area contributed by atoms with E-state index in [2.05, 4.69) is 46.1 Å². The van der Waals surface area contributed by atoms with Gasteiger partial charge in [0.2, 0.25) is 0 Å².